The van der Waals surface area contributed by atoms with E-state index in [9.17, 15) is 30.3 Å². The third kappa shape index (κ3) is 5.01. The summed E-state index contributed by atoms with van der Waals surface area (Å²) >= 11 is 0. The zero-order chi connectivity index (χ0) is 24.2. The molecule has 0 saturated carbocycles. The Morgan fingerprint density at radius 3 is 2.71 bits per heavy atom. The van der Waals surface area contributed by atoms with Gasteiger partial charge >= 0.3 is 5.97 Å². The zero-order valence-electron chi connectivity index (χ0n) is 18.2. The van der Waals surface area contributed by atoms with Crippen LogP contribution >= 0.6 is 0 Å². The first-order chi connectivity index (χ1) is 16.4. The minimum atomic E-state index is -1.81. The predicted octanol–water partition coefficient (Wildman–Crippen LogP) is 0.511. The normalized spacial score (nSPS) is 28.4. The molecule has 1 aromatic heterocycles. The van der Waals surface area contributed by atoms with Gasteiger partial charge in [0.25, 0.3) is 0 Å². The predicted molar refractivity (Wildman–Crippen MR) is 120 cm³/mol. The fourth-order valence-electron chi connectivity index (χ4n) is 4.00. The third-order valence-electron chi connectivity index (χ3n) is 5.79. The van der Waals surface area contributed by atoms with Gasteiger partial charge in [0.1, 0.15) is 24.1 Å². The van der Waals surface area contributed by atoms with E-state index in [0.29, 0.717) is 5.56 Å². The van der Waals surface area contributed by atoms with Crippen molar-refractivity contribution in [1.82, 2.24) is 4.98 Å². The number of pyridine rings is 1. The van der Waals surface area contributed by atoms with Crippen molar-refractivity contribution in [3.63, 3.8) is 0 Å². The number of nitrogens with zero attached hydrogens (tertiary/aromatic N) is 2. The molecule has 1 aromatic carbocycles. The van der Waals surface area contributed by atoms with E-state index in [1.807, 2.05) is 18.2 Å². The minimum absolute atomic E-state index is 0.188. The summed E-state index contributed by atoms with van der Waals surface area (Å²) < 4.78 is 10.7. The molecule has 5 unspecified atom stereocenters. The smallest absolute Gasteiger partial charge is 0.335 e. The van der Waals surface area contributed by atoms with Crippen LogP contribution in [0.15, 0.2) is 53.3 Å². The Hall–Kier alpha value is -3.15. The summed E-state index contributed by atoms with van der Waals surface area (Å²) in [6.07, 6.45) is -1.41. The molecule has 0 bridgehead atoms. The molecule has 1 saturated heterocycles. The Morgan fingerprint density at radius 2 is 2.00 bits per heavy atom. The summed E-state index contributed by atoms with van der Waals surface area (Å²) in [7, 11) is 0. The number of aliphatic hydroxyl groups excluding tert-OH is 4. The number of hydrogen-bond acceptors (Lipinski definition) is 9. The largest absolute Gasteiger partial charge is 0.479 e. The van der Waals surface area contributed by atoms with E-state index in [1.54, 1.807) is 30.6 Å². The highest BCUT2D eigenvalue weighted by atomic mass is 16.7. The average Bonchev–Trinajstić information content (AvgIpc) is 2.85. The maximum absolute atomic E-state index is 11.3. The molecule has 0 amide bonds. The lowest BCUT2D eigenvalue weighted by Crippen LogP contribution is -2.61. The molecule has 180 valence electrons. The van der Waals surface area contributed by atoms with Gasteiger partial charge in [0, 0.05) is 24.5 Å². The van der Waals surface area contributed by atoms with Gasteiger partial charge < -0.3 is 35.0 Å². The molecule has 1 fully saturated rings. The van der Waals surface area contributed by atoms with E-state index in [4.69, 9.17) is 9.47 Å². The Labute approximate surface area is 195 Å². The molecule has 2 aromatic rings. The number of carbonyl (C=O) groups is 1. The van der Waals surface area contributed by atoms with Crippen molar-refractivity contribution >= 4 is 17.8 Å². The van der Waals surface area contributed by atoms with Crippen molar-refractivity contribution in [2.75, 3.05) is 6.54 Å². The molecule has 10 heteroatoms. The van der Waals surface area contributed by atoms with E-state index in [-0.39, 0.29) is 12.4 Å². The van der Waals surface area contributed by atoms with Gasteiger partial charge in [0.05, 0.1) is 12.3 Å². The van der Waals surface area contributed by atoms with Gasteiger partial charge in [0.15, 0.2) is 6.10 Å². The van der Waals surface area contributed by atoms with Crippen molar-refractivity contribution in [2.45, 2.75) is 50.2 Å². The Morgan fingerprint density at radius 1 is 1.18 bits per heavy atom. The quantitative estimate of drug-likeness (QED) is 0.405. The standard InChI is InChI=1S/C24H26N2O8/c27-12-16-10-17(33-24-21(30)19(28)20(29)22(34-24)23(31)32)6-5-13(16)9-14-3-2-8-26-18(14)15-4-1-7-25-11-15/h1,4-7,9-11,19-22,24,27-30H,2-3,8,12H2,(H,31,32). The first-order valence-electron chi connectivity index (χ1n) is 10.9. The highest BCUT2D eigenvalue weighted by molar-refractivity contribution is 6.15. The van der Waals surface area contributed by atoms with E-state index in [2.05, 4.69) is 9.98 Å². The van der Waals surface area contributed by atoms with E-state index in [0.717, 1.165) is 41.8 Å². The summed E-state index contributed by atoms with van der Waals surface area (Å²) in [6, 6.07) is 8.64. The van der Waals surface area contributed by atoms with Gasteiger partial charge in [-0.05, 0) is 59.9 Å². The maximum Gasteiger partial charge on any atom is 0.335 e. The molecule has 2 aliphatic rings. The number of aliphatic carboxylic acids is 1. The first kappa shape index (κ1) is 24.0. The Bertz CT molecular complexity index is 1090. The number of aliphatic imine (C=N–C) groups is 1. The summed E-state index contributed by atoms with van der Waals surface area (Å²) in [5.41, 5.74) is 4.05. The second-order valence-corrected chi connectivity index (χ2v) is 8.12. The zero-order valence-corrected chi connectivity index (χ0v) is 18.2. The van der Waals surface area contributed by atoms with Crippen LogP contribution in [0.1, 0.15) is 29.5 Å². The second kappa shape index (κ2) is 10.4. The first-order valence-corrected chi connectivity index (χ1v) is 10.9. The van der Waals surface area contributed by atoms with Crippen LogP contribution in [-0.4, -0.2) is 79.4 Å². The molecule has 3 heterocycles. The van der Waals surface area contributed by atoms with Crippen LogP contribution in [0.4, 0.5) is 0 Å². The topological polar surface area (TPSA) is 162 Å². The summed E-state index contributed by atoms with van der Waals surface area (Å²) in [6.45, 7) is 0.422. The molecule has 0 radical (unpaired) electrons. The van der Waals surface area contributed by atoms with Gasteiger partial charge in [-0.1, -0.05) is 6.07 Å². The molecule has 10 nitrogen and oxygen atoms in total. The number of aliphatic hydroxyl groups is 4. The van der Waals surface area contributed by atoms with Gasteiger partial charge in [-0.15, -0.1) is 0 Å². The van der Waals surface area contributed by atoms with E-state index >= 15 is 0 Å². The number of carboxylic acid groups (broad SMARTS) is 1. The van der Waals surface area contributed by atoms with Crippen LogP contribution in [-0.2, 0) is 16.1 Å². The van der Waals surface area contributed by atoms with Gasteiger partial charge in [-0.3, -0.25) is 9.98 Å². The number of benzene rings is 1. The van der Waals surface area contributed by atoms with Crippen molar-refractivity contribution in [3.8, 4) is 5.75 Å². The average molecular weight is 470 g/mol. The Balaban J connectivity index is 1.58. The molecule has 4 rings (SSSR count). The molecular weight excluding hydrogens is 444 g/mol. The fraction of sp³-hybridized carbons (Fsp3) is 0.375. The maximum atomic E-state index is 11.3. The minimum Gasteiger partial charge on any atom is -0.479 e. The number of rotatable bonds is 6. The fourth-order valence-corrected chi connectivity index (χ4v) is 4.00. The number of ether oxygens (including phenoxy) is 2. The number of hydrogen-bond donors (Lipinski definition) is 5. The second-order valence-electron chi connectivity index (χ2n) is 8.12. The summed E-state index contributed by atoms with van der Waals surface area (Å²) in [5.74, 6) is -1.31. The third-order valence-corrected chi connectivity index (χ3v) is 5.79. The summed E-state index contributed by atoms with van der Waals surface area (Å²) in [5, 5.41) is 49.1. The molecule has 5 atom stereocenters. The molecule has 5 N–H and O–H groups in total. The molecular formula is C24H26N2O8. The summed E-state index contributed by atoms with van der Waals surface area (Å²) in [4.78, 5) is 20.1. The van der Waals surface area contributed by atoms with Crippen LogP contribution < -0.4 is 4.74 Å². The van der Waals surface area contributed by atoms with Crippen LogP contribution in [0, 0.1) is 0 Å². The highest BCUT2D eigenvalue weighted by Gasteiger charge is 2.48. The number of allylic oxidation sites excluding steroid dienone is 1. The van der Waals surface area contributed by atoms with Crippen molar-refractivity contribution < 1.29 is 39.8 Å². The lowest BCUT2D eigenvalue weighted by atomic mass is 9.93. The van der Waals surface area contributed by atoms with Crippen molar-refractivity contribution in [2.24, 2.45) is 4.99 Å². The monoisotopic (exact) mass is 470 g/mol. The lowest BCUT2D eigenvalue weighted by molar-refractivity contribution is -0.271. The SMILES string of the molecule is O=C(O)C1OC(Oc2ccc(C=C3CCCN=C3c3cccnc3)c(CO)c2)C(O)C(O)C1O. The molecule has 2 aliphatic heterocycles. The molecule has 0 aliphatic carbocycles. The van der Waals surface area contributed by atoms with Crippen LogP contribution in [0.5, 0.6) is 5.75 Å². The highest BCUT2D eigenvalue weighted by Crippen LogP contribution is 2.28. The van der Waals surface area contributed by atoms with E-state index < -0.39 is 36.7 Å². The van der Waals surface area contributed by atoms with Crippen LogP contribution in [0.25, 0.3) is 6.08 Å². The van der Waals surface area contributed by atoms with Gasteiger partial charge in [-0.2, -0.15) is 0 Å². The van der Waals surface area contributed by atoms with Crippen LogP contribution in [0.2, 0.25) is 0 Å². The molecule has 34 heavy (non-hydrogen) atoms. The van der Waals surface area contributed by atoms with Gasteiger partial charge in [0.2, 0.25) is 6.29 Å². The van der Waals surface area contributed by atoms with Crippen molar-refractivity contribution in [3.05, 3.63) is 65.0 Å². The van der Waals surface area contributed by atoms with Crippen LogP contribution in [0.3, 0.4) is 0 Å². The number of carboxylic acids is 1. The number of aromatic nitrogens is 1. The lowest BCUT2D eigenvalue weighted by Gasteiger charge is -2.38. The Kier molecular flexibility index (Phi) is 7.35. The van der Waals surface area contributed by atoms with Crippen molar-refractivity contribution in [1.29, 1.82) is 0 Å². The van der Waals surface area contributed by atoms with Gasteiger partial charge in [-0.25, -0.2) is 4.79 Å². The van der Waals surface area contributed by atoms with E-state index in [1.165, 1.54) is 0 Å². The molecule has 0 spiro atoms.